The van der Waals surface area contributed by atoms with Crippen molar-refractivity contribution in [3.05, 3.63) is 70.5 Å². The van der Waals surface area contributed by atoms with Gasteiger partial charge in [0.15, 0.2) is 0 Å². The van der Waals surface area contributed by atoms with Crippen molar-refractivity contribution in [1.82, 2.24) is 30.4 Å². The van der Waals surface area contributed by atoms with E-state index in [4.69, 9.17) is 0 Å². The number of aliphatic hydroxyl groups excluding tert-OH is 2. The predicted molar refractivity (Wildman–Crippen MR) is 223 cm³/mol. The Kier molecular flexibility index (Phi) is 13.9. The average Bonchev–Trinajstić information content (AvgIpc) is 3.96. The number of amides is 3. The molecule has 0 saturated carbocycles. The lowest BCUT2D eigenvalue weighted by Crippen LogP contribution is -2.51. The molecule has 59 heavy (non-hydrogen) atoms. The highest BCUT2D eigenvalue weighted by Crippen LogP contribution is 2.35. The third-order valence-corrected chi connectivity index (χ3v) is 12.8. The summed E-state index contributed by atoms with van der Waals surface area (Å²) in [5, 5.41) is 29.2. The van der Waals surface area contributed by atoms with Crippen LogP contribution in [0.3, 0.4) is 0 Å². The number of rotatable bonds is 17. The van der Waals surface area contributed by atoms with Crippen molar-refractivity contribution in [2.24, 2.45) is 11.8 Å². The molecule has 6 N–H and O–H groups in total. The zero-order valence-electron chi connectivity index (χ0n) is 35.0. The van der Waals surface area contributed by atoms with Crippen LogP contribution in [0.4, 0.5) is 8.78 Å². The van der Waals surface area contributed by atoms with E-state index in [0.29, 0.717) is 56.0 Å². The number of nitrogens with one attached hydrogen (secondary N) is 4. The summed E-state index contributed by atoms with van der Waals surface area (Å²) in [7, 11) is 1.70. The van der Waals surface area contributed by atoms with Crippen LogP contribution < -0.4 is 10.6 Å². The number of carbonyl (C=O) groups is 4. The van der Waals surface area contributed by atoms with Gasteiger partial charge in [-0.3, -0.25) is 19.2 Å². The summed E-state index contributed by atoms with van der Waals surface area (Å²) >= 11 is 0. The van der Waals surface area contributed by atoms with Crippen molar-refractivity contribution in [2.45, 2.75) is 129 Å². The van der Waals surface area contributed by atoms with Crippen molar-refractivity contribution >= 4 is 45.3 Å². The zero-order chi connectivity index (χ0) is 42.7. The molecule has 8 atom stereocenters. The number of H-pyrrole nitrogens is 2. The molecule has 0 unspecified atom stereocenters. The smallest absolute Gasteiger partial charge is 0.245 e. The molecule has 2 aliphatic rings. The lowest BCUT2D eigenvalue weighted by molar-refractivity contribution is -0.139. The van der Waals surface area contributed by atoms with Crippen LogP contribution in [0.15, 0.2) is 36.4 Å². The first-order valence-corrected chi connectivity index (χ1v) is 21.2. The predicted octanol–water partition coefficient (Wildman–Crippen LogP) is 5.06. The number of fused-ring (bicyclic) bond motifs is 2. The maximum absolute atomic E-state index is 14.7. The minimum Gasteiger partial charge on any atom is -0.391 e. The maximum atomic E-state index is 14.7. The summed E-state index contributed by atoms with van der Waals surface area (Å²) in [6, 6.07) is 7.08. The van der Waals surface area contributed by atoms with Gasteiger partial charge in [-0.15, -0.1) is 0 Å². The Bertz CT molecular complexity index is 2020. The van der Waals surface area contributed by atoms with E-state index in [9.17, 15) is 38.2 Å². The van der Waals surface area contributed by atoms with E-state index in [2.05, 4.69) is 20.6 Å². The number of likely N-dealkylation sites (N-methyl/N-ethyl adjacent to an activating group) is 1. The third kappa shape index (κ3) is 9.55. The van der Waals surface area contributed by atoms with E-state index >= 15 is 0 Å². The highest BCUT2D eigenvalue weighted by atomic mass is 19.1. The van der Waals surface area contributed by atoms with Crippen LogP contribution in [-0.2, 0) is 38.4 Å². The summed E-state index contributed by atoms with van der Waals surface area (Å²) in [5.74, 6) is -2.34. The maximum Gasteiger partial charge on any atom is 0.245 e. The van der Waals surface area contributed by atoms with Crippen LogP contribution in [-0.4, -0.2) is 110 Å². The molecule has 320 valence electrons. The largest absolute Gasteiger partial charge is 0.391 e. The molecule has 2 aromatic carbocycles. The second-order valence-corrected chi connectivity index (χ2v) is 16.8. The normalized spacial score (nSPS) is 21.6. The molecular formula is C45H60F2N6O6. The standard InChI is InChI=1S/C45H60F2N6O6/c1-7-24(4)43(57)51-37(9-3)45(59)53-23-32(55)18-30(53)20-36-34-13-11-28(47)16-39(34)50-41(36)21-40-35(33-12-10-27(46)15-38(33)49-40)19-29-17-31(54)22-52(29)44(58)26(8-2)14-42(56)25(5)48-6/h10-13,15-16,24-26,29-32,37,48-50,54-55H,7-9,14,17-23H2,1-6H3,(H,51,57)/t24-,25+,26-,29+,30+,31+,32+,37+/m1/s1. The van der Waals surface area contributed by atoms with Crippen LogP contribution in [0, 0.1) is 23.5 Å². The highest BCUT2D eigenvalue weighted by molar-refractivity contribution is 5.91. The molecular weight excluding hydrogens is 759 g/mol. The average molecular weight is 819 g/mol. The lowest BCUT2D eigenvalue weighted by atomic mass is 9.93. The fraction of sp³-hybridized carbons (Fsp3) is 0.556. The Morgan fingerprint density at radius 3 is 1.75 bits per heavy atom. The van der Waals surface area contributed by atoms with Gasteiger partial charge in [-0.05, 0) is 106 Å². The van der Waals surface area contributed by atoms with Gasteiger partial charge in [0.2, 0.25) is 17.7 Å². The van der Waals surface area contributed by atoms with Gasteiger partial charge in [-0.25, -0.2) is 8.78 Å². The van der Waals surface area contributed by atoms with Crippen molar-refractivity contribution in [3.8, 4) is 0 Å². The van der Waals surface area contributed by atoms with Crippen molar-refractivity contribution in [1.29, 1.82) is 0 Å². The molecule has 4 aromatic rings. The number of hydrogen-bond donors (Lipinski definition) is 6. The number of aromatic nitrogens is 2. The summed E-state index contributed by atoms with van der Waals surface area (Å²) in [5.41, 5.74) is 4.29. The Morgan fingerprint density at radius 2 is 1.29 bits per heavy atom. The van der Waals surface area contributed by atoms with Crippen LogP contribution >= 0.6 is 0 Å². The number of ketones is 1. The van der Waals surface area contributed by atoms with E-state index in [1.54, 1.807) is 35.9 Å². The van der Waals surface area contributed by atoms with E-state index in [1.165, 1.54) is 24.3 Å². The van der Waals surface area contributed by atoms with Crippen LogP contribution in [0.2, 0.25) is 0 Å². The Hall–Kier alpha value is -4.66. The quantitative estimate of drug-likeness (QED) is 0.0866. The molecule has 4 heterocycles. The van der Waals surface area contributed by atoms with E-state index in [1.807, 2.05) is 27.7 Å². The van der Waals surface area contributed by atoms with Crippen LogP contribution in [0.1, 0.15) is 95.7 Å². The molecule has 2 aliphatic heterocycles. The van der Waals surface area contributed by atoms with E-state index in [0.717, 1.165) is 33.3 Å². The van der Waals surface area contributed by atoms with Gasteiger partial charge in [0.1, 0.15) is 23.5 Å². The number of likely N-dealkylation sites (tertiary alicyclic amines) is 2. The van der Waals surface area contributed by atoms with Gasteiger partial charge in [0, 0.05) is 83.0 Å². The Balaban J connectivity index is 1.34. The topological polar surface area (TPSA) is 171 Å². The number of hydrogen-bond acceptors (Lipinski definition) is 7. The summed E-state index contributed by atoms with van der Waals surface area (Å²) in [6.07, 6.45) is 1.67. The van der Waals surface area contributed by atoms with E-state index < -0.39 is 53.9 Å². The molecule has 6 rings (SSSR count). The minimum absolute atomic E-state index is 0.0582. The fourth-order valence-electron chi connectivity index (χ4n) is 8.95. The molecule has 0 bridgehead atoms. The molecule has 2 fully saturated rings. The first kappa shape index (κ1) is 43.9. The Morgan fingerprint density at radius 1 is 0.780 bits per heavy atom. The minimum atomic E-state index is -0.766. The van der Waals surface area contributed by atoms with Gasteiger partial charge < -0.3 is 40.6 Å². The Labute approximate surface area is 344 Å². The highest BCUT2D eigenvalue weighted by Gasteiger charge is 2.40. The number of aliphatic hydroxyl groups is 2. The second kappa shape index (κ2) is 18.7. The fourth-order valence-corrected chi connectivity index (χ4v) is 8.95. The van der Waals surface area contributed by atoms with Crippen molar-refractivity contribution in [2.75, 3.05) is 20.1 Å². The molecule has 12 nitrogen and oxygen atoms in total. The van der Waals surface area contributed by atoms with Gasteiger partial charge in [-0.2, -0.15) is 0 Å². The second-order valence-electron chi connectivity index (χ2n) is 16.8. The molecule has 0 aliphatic carbocycles. The first-order chi connectivity index (χ1) is 28.1. The van der Waals surface area contributed by atoms with Crippen molar-refractivity contribution in [3.63, 3.8) is 0 Å². The van der Waals surface area contributed by atoms with Gasteiger partial charge in [0.05, 0.1) is 18.2 Å². The zero-order valence-corrected chi connectivity index (χ0v) is 35.0. The molecule has 0 spiro atoms. The SMILES string of the molecule is CC[C@H](CC(=O)[C@H](C)NC)C(=O)N1C[C@@H](O)C[C@H]1Cc1c(Cc2[nH]c3cc(F)ccc3c2C[C@@H]2C[C@H](O)CN2C(=O)[C@H](CC)NC(=O)[C@H](C)CC)[nH]c2cc(F)ccc12. The summed E-state index contributed by atoms with van der Waals surface area (Å²) in [6.45, 7) is 9.48. The van der Waals surface area contributed by atoms with Gasteiger partial charge in [-0.1, -0.05) is 27.7 Å². The van der Waals surface area contributed by atoms with Crippen LogP contribution in [0.5, 0.6) is 0 Å². The summed E-state index contributed by atoms with van der Waals surface area (Å²) < 4.78 is 29.4. The number of carbonyl (C=O) groups excluding carboxylic acids is 4. The van der Waals surface area contributed by atoms with Crippen molar-refractivity contribution < 1.29 is 38.2 Å². The van der Waals surface area contributed by atoms with Gasteiger partial charge >= 0.3 is 0 Å². The molecule has 3 amide bonds. The molecule has 14 heteroatoms. The molecule has 0 radical (unpaired) electrons. The van der Waals surface area contributed by atoms with E-state index in [-0.39, 0.29) is 55.4 Å². The first-order valence-electron chi connectivity index (χ1n) is 21.2. The number of nitrogens with zero attached hydrogens (tertiary/aromatic N) is 2. The molecule has 2 saturated heterocycles. The van der Waals surface area contributed by atoms with Gasteiger partial charge in [0.25, 0.3) is 0 Å². The van der Waals surface area contributed by atoms with Crippen LogP contribution in [0.25, 0.3) is 21.8 Å². The number of aromatic amines is 2. The number of benzene rings is 2. The number of halogens is 2. The molecule has 2 aromatic heterocycles. The third-order valence-electron chi connectivity index (χ3n) is 12.8. The lowest BCUT2D eigenvalue weighted by Gasteiger charge is -2.29. The monoisotopic (exact) mass is 818 g/mol. The summed E-state index contributed by atoms with van der Waals surface area (Å²) in [4.78, 5) is 64.0. The number of β-amino-alcohol motifs (C(OH)–C–C–N with tert-alkyl or cyclic N) is 2. The number of Topliss-reactive ketones (excluding diaryl/α,β-unsaturated/α-hetero) is 1.